The summed E-state index contributed by atoms with van der Waals surface area (Å²) in [6.07, 6.45) is 0. The minimum Gasteiger partial charge on any atom is -0.453 e. The van der Waals surface area contributed by atoms with Crippen LogP contribution in [0.5, 0.6) is 11.5 Å². The summed E-state index contributed by atoms with van der Waals surface area (Å²) in [7, 11) is 0. The Kier molecular flexibility index (Phi) is 3.14. The molecular formula is C11H14N2O4. The summed E-state index contributed by atoms with van der Waals surface area (Å²) in [4.78, 5) is 10.4. The normalized spacial score (nSPS) is 13.1. The zero-order valence-electron chi connectivity index (χ0n) is 9.73. The van der Waals surface area contributed by atoms with Crippen molar-refractivity contribution in [3.8, 4) is 11.5 Å². The summed E-state index contributed by atoms with van der Waals surface area (Å²) in [6.45, 7) is 4.63. The van der Waals surface area contributed by atoms with Crippen molar-refractivity contribution in [2.75, 3.05) is 6.79 Å². The molecule has 0 atom stereocenters. The maximum atomic E-state index is 10.9. The predicted molar refractivity (Wildman–Crippen MR) is 61.2 cm³/mol. The van der Waals surface area contributed by atoms with Crippen LogP contribution in [0.4, 0.5) is 5.69 Å². The van der Waals surface area contributed by atoms with E-state index in [4.69, 9.17) is 9.47 Å². The van der Waals surface area contributed by atoms with Gasteiger partial charge < -0.3 is 14.8 Å². The highest BCUT2D eigenvalue weighted by molar-refractivity contribution is 5.59. The van der Waals surface area contributed by atoms with E-state index >= 15 is 0 Å². The van der Waals surface area contributed by atoms with E-state index in [1.807, 2.05) is 13.8 Å². The molecule has 0 spiro atoms. The molecule has 0 unspecified atom stereocenters. The van der Waals surface area contributed by atoms with Crippen molar-refractivity contribution in [1.82, 2.24) is 5.32 Å². The molecule has 1 aliphatic rings. The van der Waals surface area contributed by atoms with Crippen LogP contribution >= 0.6 is 0 Å². The van der Waals surface area contributed by atoms with E-state index in [1.54, 1.807) is 6.07 Å². The van der Waals surface area contributed by atoms with Gasteiger partial charge in [0.05, 0.1) is 4.92 Å². The molecule has 1 aromatic carbocycles. The van der Waals surface area contributed by atoms with Gasteiger partial charge in [0.25, 0.3) is 0 Å². The average molecular weight is 238 g/mol. The first-order valence-corrected chi connectivity index (χ1v) is 5.38. The topological polar surface area (TPSA) is 73.6 Å². The van der Waals surface area contributed by atoms with Crippen molar-refractivity contribution in [2.45, 2.75) is 26.4 Å². The van der Waals surface area contributed by atoms with Gasteiger partial charge in [0.1, 0.15) is 0 Å². The lowest BCUT2D eigenvalue weighted by molar-refractivity contribution is -0.385. The number of fused-ring (bicyclic) bond motifs is 1. The number of hydrogen-bond donors (Lipinski definition) is 1. The van der Waals surface area contributed by atoms with Crippen molar-refractivity contribution in [3.63, 3.8) is 0 Å². The molecule has 0 radical (unpaired) electrons. The lowest BCUT2D eigenvalue weighted by atomic mass is 10.1. The third-order valence-corrected chi connectivity index (χ3v) is 2.42. The Labute approximate surface area is 98.7 Å². The standard InChI is InChI=1S/C11H14N2O4/c1-7(2)12-5-8-3-9(13(14)15)11-10(4-8)16-6-17-11/h3-4,7,12H,5-6H2,1-2H3. The van der Waals surface area contributed by atoms with Gasteiger partial charge in [-0.1, -0.05) is 13.8 Å². The number of nitro benzene ring substituents is 1. The number of nitrogens with one attached hydrogen (secondary N) is 1. The number of rotatable bonds is 4. The molecule has 1 aliphatic heterocycles. The van der Waals surface area contributed by atoms with Crippen LogP contribution in [-0.2, 0) is 6.54 Å². The van der Waals surface area contributed by atoms with Crippen molar-refractivity contribution in [1.29, 1.82) is 0 Å². The Bertz CT molecular complexity index is 445. The van der Waals surface area contributed by atoms with Gasteiger partial charge in [-0.2, -0.15) is 0 Å². The third-order valence-electron chi connectivity index (χ3n) is 2.42. The largest absolute Gasteiger partial charge is 0.453 e. The van der Waals surface area contributed by atoms with Gasteiger partial charge in [0, 0.05) is 18.7 Å². The zero-order valence-corrected chi connectivity index (χ0v) is 9.73. The molecule has 0 fully saturated rings. The number of benzene rings is 1. The number of hydrogen-bond acceptors (Lipinski definition) is 5. The molecule has 0 aliphatic carbocycles. The third kappa shape index (κ3) is 2.47. The maximum absolute atomic E-state index is 10.9. The number of nitrogens with zero attached hydrogens (tertiary/aromatic N) is 1. The molecule has 0 amide bonds. The maximum Gasteiger partial charge on any atom is 0.315 e. The van der Waals surface area contributed by atoms with E-state index in [-0.39, 0.29) is 18.2 Å². The molecule has 1 heterocycles. The van der Waals surface area contributed by atoms with Crippen LogP contribution in [0.25, 0.3) is 0 Å². The fourth-order valence-corrected chi connectivity index (χ4v) is 1.61. The smallest absolute Gasteiger partial charge is 0.315 e. The van der Waals surface area contributed by atoms with Crippen molar-refractivity contribution < 1.29 is 14.4 Å². The van der Waals surface area contributed by atoms with Crippen molar-refractivity contribution in [2.24, 2.45) is 0 Å². The lowest BCUT2D eigenvalue weighted by Crippen LogP contribution is -2.21. The van der Waals surface area contributed by atoms with Crippen LogP contribution in [-0.4, -0.2) is 17.8 Å². The molecular weight excluding hydrogens is 224 g/mol. The molecule has 1 aromatic rings. The van der Waals surface area contributed by atoms with Gasteiger partial charge in [0.2, 0.25) is 12.5 Å². The van der Waals surface area contributed by atoms with Crippen LogP contribution in [0.3, 0.4) is 0 Å². The Morgan fingerprint density at radius 1 is 1.47 bits per heavy atom. The van der Waals surface area contributed by atoms with Gasteiger partial charge in [-0.3, -0.25) is 10.1 Å². The minimum atomic E-state index is -0.452. The van der Waals surface area contributed by atoms with Crippen LogP contribution in [0.2, 0.25) is 0 Å². The van der Waals surface area contributed by atoms with Crippen LogP contribution < -0.4 is 14.8 Å². The first-order chi connectivity index (χ1) is 8.08. The zero-order chi connectivity index (χ0) is 12.4. The first kappa shape index (κ1) is 11.7. The van der Waals surface area contributed by atoms with E-state index in [1.165, 1.54) is 6.07 Å². The fraction of sp³-hybridized carbons (Fsp3) is 0.455. The van der Waals surface area contributed by atoms with Crippen LogP contribution in [0.15, 0.2) is 12.1 Å². The Morgan fingerprint density at radius 3 is 2.88 bits per heavy atom. The molecule has 2 rings (SSSR count). The average Bonchev–Trinajstić information content (AvgIpc) is 2.72. The van der Waals surface area contributed by atoms with Gasteiger partial charge in [0.15, 0.2) is 5.75 Å². The highest BCUT2D eigenvalue weighted by Gasteiger charge is 2.26. The Morgan fingerprint density at radius 2 is 2.24 bits per heavy atom. The second-order valence-corrected chi connectivity index (χ2v) is 4.14. The molecule has 6 nitrogen and oxygen atoms in total. The summed E-state index contributed by atoms with van der Waals surface area (Å²) in [5, 5.41) is 14.1. The second kappa shape index (κ2) is 4.58. The van der Waals surface area contributed by atoms with E-state index < -0.39 is 4.92 Å². The molecule has 0 saturated heterocycles. The Balaban J connectivity index is 2.30. The summed E-state index contributed by atoms with van der Waals surface area (Å²) >= 11 is 0. The molecule has 0 aromatic heterocycles. The van der Waals surface area contributed by atoms with Gasteiger partial charge in [-0.25, -0.2) is 0 Å². The highest BCUT2D eigenvalue weighted by Crippen LogP contribution is 2.41. The van der Waals surface area contributed by atoms with E-state index in [0.29, 0.717) is 18.3 Å². The van der Waals surface area contributed by atoms with Crippen LogP contribution in [0.1, 0.15) is 19.4 Å². The Hall–Kier alpha value is -1.82. The van der Waals surface area contributed by atoms with Gasteiger partial charge in [-0.15, -0.1) is 0 Å². The van der Waals surface area contributed by atoms with Gasteiger partial charge >= 0.3 is 5.69 Å². The fourth-order valence-electron chi connectivity index (χ4n) is 1.61. The molecule has 92 valence electrons. The molecule has 1 N–H and O–H groups in total. The molecule has 6 heteroatoms. The SMILES string of the molecule is CC(C)NCc1cc2c(c([N+](=O)[O-])c1)OCO2. The summed E-state index contributed by atoms with van der Waals surface area (Å²) in [5.41, 5.74) is 0.773. The summed E-state index contributed by atoms with van der Waals surface area (Å²) in [5.74, 6) is 0.669. The van der Waals surface area contributed by atoms with E-state index in [0.717, 1.165) is 5.56 Å². The number of ether oxygens (including phenoxy) is 2. The quantitative estimate of drug-likeness (QED) is 0.639. The predicted octanol–water partition coefficient (Wildman–Crippen LogP) is 1.82. The minimum absolute atomic E-state index is 0.0389. The molecule has 0 saturated carbocycles. The van der Waals surface area contributed by atoms with Gasteiger partial charge in [-0.05, 0) is 11.6 Å². The lowest BCUT2D eigenvalue weighted by Gasteiger charge is -2.08. The van der Waals surface area contributed by atoms with Crippen LogP contribution in [0, 0.1) is 10.1 Å². The first-order valence-electron chi connectivity index (χ1n) is 5.38. The second-order valence-electron chi connectivity index (χ2n) is 4.14. The van der Waals surface area contributed by atoms with E-state index in [9.17, 15) is 10.1 Å². The number of nitro groups is 1. The van der Waals surface area contributed by atoms with E-state index in [2.05, 4.69) is 5.32 Å². The monoisotopic (exact) mass is 238 g/mol. The summed E-state index contributed by atoms with van der Waals surface area (Å²) < 4.78 is 10.3. The van der Waals surface area contributed by atoms with Crippen molar-refractivity contribution in [3.05, 3.63) is 27.8 Å². The molecule has 17 heavy (non-hydrogen) atoms. The van der Waals surface area contributed by atoms with Crippen molar-refractivity contribution >= 4 is 5.69 Å². The molecule has 0 bridgehead atoms. The highest BCUT2D eigenvalue weighted by atomic mass is 16.7. The summed E-state index contributed by atoms with van der Waals surface area (Å²) in [6, 6.07) is 3.60.